The van der Waals surface area contributed by atoms with Crippen LogP contribution in [0.15, 0.2) is 53.2 Å². The number of rotatable bonds is 2. The van der Waals surface area contributed by atoms with Gasteiger partial charge in [-0.3, -0.25) is 0 Å². The zero-order chi connectivity index (χ0) is 19.8. The Kier molecular flexibility index (Phi) is 4.96. The number of amides is 1. The van der Waals surface area contributed by atoms with Crippen molar-refractivity contribution in [3.63, 3.8) is 0 Å². The topological polar surface area (TPSA) is 54.4 Å². The van der Waals surface area contributed by atoms with Crippen molar-refractivity contribution < 1.29 is 14.3 Å². The fourth-order valence-electron chi connectivity index (χ4n) is 3.46. The first-order chi connectivity index (χ1) is 14.2. The van der Waals surface area contributed by atoms with Crippen LogP contribution in [0, 0.1) is 0 Å². The van der Waals surface area contributed by atoms with Gasteiger partial charge in [0, 0.05) is 0 Å². The summed E-state index contributed by atoms with van der Waals surface area (Å²) in [7, 11) is 0. The molecule has 0 aromatic heterocycles. The average molecular weight is 475 g/mol. The molecule has 0 radical (unpaired) electrons. The number of carbonyl (C=O) groups excluding carboxylic acids is 1. The molecule has 0 bridgehead atoms. The number of nitrogens with zero attached hydrogens (tertiary/aromatic N) is 3. The molecule has 0 atom stereocenters. The summed E-state index contributed by atoms with van der Waals surface area (Å²) in [5, 5.41) is 2.96. The molecule has 148 valence electrons. The molecule has 0 N–H and O–H groups in total. The third-order valence-electron chi connectivity index (χ3n) is 4.92. The number of guanidine groups is 1. The molecule has 0 saturated carbocycles. The summed E-state index contributed by atoms with van der Waals surface area (Å²) >= 11 is 6.72. The van der Waals surface area contributed by atoms with Crippen LogP contribution < -0.4 is 14.4 Å². The second-order valence-corrected chi connectivity index (χ2v) is 9.78. The molecule has 29 heavy (non-hydrogen) atoms. The van der Waals surface area contributed by atoms with E-state index in [0.717, 1.165) is 35.0 Å². The molecule has 0 aliphatic carbocycles. The van der Waals surface area contributed by atoms with E-state index in [9.17, 15) is 4.79 Å². The second kappa shape index (κ2) is 7.75. The Bertz CT molecular complexity index is 1020. The van der Waals surface area contributed by atoms with Crippen molar-refractivity contribution in [1.29, 1.82) is 0 Å². The van der Waals surface area contributed by atoms with E-state index < -0.39 is 0 Å². The summed E-state index contributed by atoms with van der Waals surface area (Å²) in [6, 6.07) is 12.9. The number of hydrogen-bond acceptors (Lipinski definition) is 5. The molecule has 6 nitrogen and oxygen atoms in total. The van der Waals surface area contributed by atoms with E-state index in [1.165, 1.54) is 0 Å². The van der Waals surface area contributed by atoms with Crippen molar-refractivity contribution in [1.82, 2.24) is 4.90 Å². The number of carbonyl (C=O) groups is 1. The van der Waals surface area contributed by atoms with Crippen molar-refractivity contribution in [2.24, 2.45) is 4.99 Å². The Morgan fingerprint density at radius 2 is 1.79 bits per heavy atom. The average Bonchev–Trinajstić information content (AvgIpc) is 3.34. The van der Waals surface area contributed by atoms with Crippen LogP contribution in [0.2, 0.25) is 15.7 Å². The third-order valence-corrected chi connectivity index (χ3v) is 7.15. The van der Waals surface area contributed by atoms with E-state index in [1.54, 1.807) is 23.1 Å². The minimum atomic E-state index is -0.143. The Morgan fingerprint density at radius 1 is 1.03 bits per heavy atom. The number of halogens is 1. The van der Waals surface area contributed by atoms with Crippen LogP contribution in [0.3, 0.4) is 0 Å². The summed E-state index contributed by atoms with van der Waals surface area (Å²) in [6.45, 7) is 2.07. The van der Waals surface area contributed by atoms with Gasteiger partial charge in [-0.1, -0.05) is 0 Å². The molecule has 0 spiro atoms. The SMILES string of the molecule is O=C1/C(=C/c2ccc3c(c2)OCO3)N=C(N2CC[Se]CC2)N1c1ccc(Cl)cc1. The van der Waals surface area contributed by atoms with Crippen molar-refractivity contribution in [2.75, 3.05) is 24.8 Å². The molecule has 8 heteroatoms. The van der Waals surface area contributed by atoms with E-state index in [2.05, 4.69) is 4.90 Å². The minimum absolute atomic E-state index is 0.143. The van der Waals surface area contributed by atoms with Gasteiger partial charge in [0.05, 0.1) is 0 Å². The Balaban J connectivity index is 1.53. The quantitative estimate of drug-likeness (QED) is 0.492. The fourth-order valence-corrected chi connectivity index (χ4v) is 5.48. The fraction of sp³-hybridized carbons (Fsp3) is 0.238. The van der Waals surface area contributed by atoms with Crippen LogP contribution in [0.25, 0.3) is 6.08 Å². The number of anilines is 1. The first kappa shape index (κ1) is 18.6. The Hall–Kier alpha value is -2.47. The number of ether oxygens (including phenoxy) is 2. The van der Waals surface area contributed by atoms with E-state index >= 15 is 0 Å². The maximum atomic E-state index is 13.3. The summed E-state index contributed by atoms with van der Waals surface area (Å²) in [5.74, 6) is 1.95. The monoisotopic (exact) mass is 475 g/mol. The zero-order valence-corrected chi connectivity index (χ0v) is 18.0. The van der Waals surface area contributed by atoms with Gasteiger partial charge < -0.3 is 0 Å². The van der Waals surface area contributed by atoms with Gasteiger partial charge in [-0.15, -0.1) is 0 Å². The Morgan fingerprint density at radius 3 is 2.59 bits per heavy atom. The van der Waals surface area contributed by atoms with Gasteiger partial charge in [-0.25, -0.2) is 0 Å². The number of benzene rings is 2. The number of aliphatic imine (C=N–C) groups is 1. The summed E-state index contributed by atoms with van der Waals surface area (Å²) < 4.78 is 10.8. The molecule has 1 saturated heterocycles. The van der Waals surface area contributed by atoms with Crippen molar-refractivity contribution in [3.8, 4) is 11.5 Å². The zero-order valence-electron chi connectivity index (χ0n) is 15.5. The maximum absolute atomic E-state index is 13.3. The molecular weight excluding hydrogens is 457 g/mol. The van der Waals surface area contributed by atoms with Gasteiger partial charge in [0.2, 0.25) is 0 Å². The Labute approximate surface area is 179 Å². The van der Waals surface area contributed by atoms with Crippen molar-refractivity contribution >= 4 is 50.2 Å². The standard InChI is InChI=1S/C21H18ClN3O3Se/c22-15-2-4-16(5-3-15)25-20(26)17(23-21(25)24-7-9-29-10-8-24)11-14-1-6-18-19(12-14)28-13-27-18/h1-6,11-12H,7-10,13H2/b17-11-. The predicted molar refractivity (Wildman–Crippen MR) is 114 cm³/mol. The van der Waals surface area contributed by atoms with Gasteiger partial charge >= 0.3 is 180 Å². The van der Waals surface area contributed by atoms with E-state index in [4.69, 9.17) is 26.1 Å². The van der Waals surface area contributed by atoms with E-state index in [1.807, 2.05) is 30.3 Å². The van der Waals surface area contributed by atoms with Crippen LogP contribution in [-0.2, 0) is 4.79 Å². The van der Waals surface area contributed by atoms with Crippen LogP contribution in [0.4, 0.5) is 5.69 Å². The number of hydrogen-bond donors (Lipinski definition) is 0. The summed E-state index contributed by atoms with van der Waals surface area (Å²) in [5.41, 5.74) is 2.02. The van der Waals surface area contributed by atoms with Gasteiger partial charge in [-0.2, -0.15) is 0 Å². The normalized spacial score (nSPS) is 19.8. The van der Waals surface area contributed by atoms with Gasteiger partial charge in [0.15, 0.2) is 0 Å². The molecule has 3 aliphatic rings. The van der Waals surface area contributed by atoms with Crippen molar-refractivity contribution in [2.45, 2.75) is 10.6 Å². The van der Waals surface area contributed by atoms with Gasteiger partial charge in [0.1, 0.15) is 0 Å². The molecule has 0 unspecified atom stereocenters. The van der Waals surface area contributed by atoms with Crippen molar-refractivity contribution in [3.05, 3.63) is 58.7 Å². The predicted octanol–water partition coefficient (Wildman–Crippen LogP) is 3.67. The van der Waals surface area contributed by atoms with Gasteiger partial charge in [0.25, 0.3) is 0 Å². The summed E-state index contributed by atoms with van der Waals surface area (Å²) in [4.78, 5) is 22.0. The molecule has 3 heterocycles. The molecule has 1 amide bonds. The second-order valence-electron chi connectivity index (χ2n) is 6.77. The van der Waals surface area contributed by atoms with E-state index in [-0.39, 0.29) is 12.7 Å². The molecule has 3 aliphatic heterocycles. The van der Waals surface area contributed by atoms with Crippen LogP contribution >= 0.6 is 11.6 Å². The third kappa shape index (κ3) is 3.61. The number of fused-ring (bicyclic) bond motifs is 1. The first-order valence-electron chi connectivity index (χ1n) is 9.32. The van der Waals surface area contributed by atoms with E-state index in [0.29, 0.717) is 43.1 Å². The molecule has 2 aromatic carbocycles. The molecule has 2 aromatic rings. The molecule has 1 fully saturated rings. The first-order valence-corrected chi connectivity index (χ1v) is 12.1. The van der Waals surface area contributed by atoms with Crippen LogP contribution in [0.1, 0.15) is 5.56 Å². The van der Waals surface area contributed by atoms with Crippen LogP contribution in [0.5, 0.6) is 11.5 Å². The van der Waals surface area contributed by atoms with Crippen LogP contribution in [-0.4, -0.2) is 51.6 Å². The molecular formula is C21H18ClN3O3Se. The van der Waals surface area contributed by atoms with Gasteiger partial charge in [-0.05, 0) is 0 Å². The summed E-state index contributed by atoms with van der Waals surface area (Å²) in [6.07, 6.45) is 1.80. The molecule has 5 rings (SSSR count).